The number of hydrogen-bond donors (Lipinski definition) is 1. The van der Waals surface area contributed by atoms with Crippen molar-refractivity contribution in [1.29, 1.82) is 5.26 Å². The third-order valence-corrected chi connectivity index (χ3v) is 0.559. The van der Waals surface area contributed by atoms with Crippen molar-refractivity contribution in [1.82, 2.24) is 0 Å². The Morgan fingerprint density at radius 2 is 2.14 bits per heavy atom. The summed E-state index contributed by atoms with van der Waals surface area (Å²) >= 11 is 0. The summed E-state index contributed by atoms with van der Waals surface area (Å²) < 4.78 is 0. The molecule has 0 aromatic carbocycles. The van der Waals surface area contributed by atoms with E-state index in [1.165, 1.54) is 0 Å². The highest BCUT2D eigenvalue weighted by molar-refractivity contribution is 4.90. The topological polar surface area (TPSA) is 60.1 Å². The van der Waals surface area contributed by atoms with Crippen molar-refractivity contribution in [2.75, 3.05) is 0 Å². The quantitative estimate of drug-likeness (QED) is 0.436. The minimum absolute atomic E-state index is 0.806. The van der Waals surface area contributed by atoms with Crippen molar-refractivity contribution >= 4 is 0 Å². The van der Waals surface area contributed by atoms with Gasteiger partial charge in [-0.2, -0.15) is 5.26 Å². The highest BCUT2D eigenvalue weighted by atomic mass is 15.0. The predicted octanol–water partition coefficient (Wildman–Crippen LogP) is -0.609. The van der Waals surface area contributed by atoms with Gasteiger partial charge in [0.2, 0.25) is 5.54 Å². The highest BCUT2D eigenvalue weighted by Gasteiger charge is 2.15. The molecule has 0 atom stereocenters. The Bertz CT molecular complexity index is 109. The van der Waals surface area contributed by atoms with Gasteiger partial charge < -0.3 is 10.6 Å². The van der Waals surface area contributed by atoms with Crippen LogP contribution in [0.25, 0.3) is 5.53 Å². The fourth-order valence-corrected chi connectivity index (χ4v) is 0.0250. The van der Waals surface area contributed by atoms with Gasteiger partial charge >= 0.3 is 0 Å². The normalized spacial score (nSPS) is 9.86. The average Bonchev–Trinajstić information content (AvgIpc) is 1.68. The molecule has 0 aromatic rings. The molecule has 0 aliphatic rings. The first-order valence-electron chi connectivity index (χ1n) is 1.95. The lowest BCUT2D eigenvalue weighted by Gasteiger charge is -2.01. The number of nitrogens with zero attached hydrogens (tertiary/aromatic N) is 2. The fraction of sp³-hybridized carbons (Fsp3) is 0.750. The van der Waals surface area contributed by atoms with Gasteiger partial charge in [-0.3, -0.25) is 0 Å². The Morgan fingerprint density at radius 1 is 1.71 bits per heavy atom. The molecular formula is C4H7N3. The molecule has 38 valence electrons. The molecule has 0 aliphatic heterocycles. The van der Waals surface area contributed by atoms with E-state index in [9.17, 15) is 0 Å². The van der Waals surface area contributed by atoms with Crippen LogP contribution in [0.1, 0.15) is 13.8 Å². The SMILES string of the molecule is CC(C)(C#N)[NH+]=[N-]. The fourth-order valence-electron chi connectivity index (χ4n) is 0.0250. The Hall–Kier alpha value is -0.910. The van der Waals surface area contributed by atoms with E-state index in [0.29, 0.717) is 0 Å². The number of nitriles is 1. The largest absolute Gasteiger partial charge is 0.507 e. The maximum atomic E-state index is 8.12. The first kappa shape index (κ1) is 6.09. The van der Waals surface area contributed by atoms with Crippen LogP contribution in [0.4, 0.5) is 0 Å². The van der Waals surface area contributed by atoms with Crippen molar-refractivity contribution in [3.8, 4) is 6.07 Å². The third-order valence-electron chi connectivity index (χ3n) is 0.559. The van der Waals surface area contributed by atoms with Crippen molar-refractivity contribution in [3.05, 3.63) is 5.53 Å². The van der Waals surface area contributed by atoms with Gasteiger partial charge in [0.05, 0.1) is 0 Å². The first-order chi connectivity index (χ1) is 3.12. The Balaban J connectivity index is 3.91. The number of rotatable bonds is 1. The average molecular weight is 97.1 g/mol. The maximum Gasteiger partial charge on any atom is 0.230 e. The van der Waals surface area contributed by atoms with Gasteiger partial charge in [-0.25, -0.2) is 0 Å². The molecule has 0 saturated heterocycles. The van der Waals surface area contributed by atoms with Gasteiger partial charge in [0.15, 0.2) is 0 Å². The number of nitrogens with one attached hydrogen (secondary N) is 1. The molecule has 0 fully saturated rings. The standard InChI is InChI=1S/C4H7N3/c1-4(2,3-5)7-6/h7H,1-2H3. The molecule has 0 aromatic heterocycles. The zero-order valence-corrected chi connectivity index (χ0v) is 4.39. The summed E-state index contributed by atoms with van der Waals surface area (Å²) in [6.45, 7) is 3.15. The van der Waals surface area contributed by atoms with E-state index in [0.717, 1.165) is 0 Å². The van der Waals surface area contributed by atoms with Crippen LogP contribution in [0.3, 0.4) is 0 Å². The van der Waals surface area contributed by atoms with E-state index >= 15 is 0 Å². The van der Waals surface area contributed by atoms with Gasteiger partial charge in [-0.1, -0.05) is 0 Å². The van der Waals surface area contributed by atoms with Gasteiger partial charge in [0, 0.05) is 13.8 Å². The molecule has 0 radical (unpaired) electrons. The van der Waals surface area contributed by atoms with Crippen molar-refractivity contribution in [3.63, 3.8) is 0 Å². The van der Waals surface area contributed by atoms with Crippen LogP contribution in [-0.4, -0.2) is 5.54 Å². The molecule has 0 aliphatic carbocycles. The predicted molar refractivity (Wildman–Crippen MR) is 24.0 cm³/mol. The Kier molecular flexibility index (Phi) is 1.47. The van der Waals surface area contributed by atoms with Crippen molar-refractivity contribution in [2.45, 2.75) is 19.4 Å². The summed E-state index contributed by atoms with van der Waals surface area (Å²) in [5, 5.41) is 9.95. The van der Waals surface area contributed by atoms with Crippen LogP contribution in [0.2, 0.25) is 0 Å². The second-order valence-electron chi connectivity index (χ2n) is 1.85. The molecule has 0 heterocycles. The molecule has 0 bridgehead atoms. The minimum Gasteiger partial charge on any atom is -0.507 e. The Morgan fingerprint density at radius 3 is 2.14 bits per heavy atom. The van der Waals surface area contributed by atoms with E-state index in [4.69, 9.17) is 10.8 Å². The summed E-state index contributed by atoms with van der Waals surface area (Å²) in [5.74, 6) is 0. The minimum atomic E-state index is -0.806. The van der Waals surface area contributed by atoms with Crippen LogP contribution in [0, 0.1) is 11.3 Å². The van der Waals surface area contributed by atoms with Crippen LogP contribution in [0.5, 0.6) is 0 Å². The summed E-state index contributed by atoms with van der Waals surface area (Å²) in [6.07, 6.45) is 0. The van der Waals surface area contributed by atoms with Gasteiger partial charge in [-0.05, 0) is 0 Å². The molecule has 1 N–H and O–H groups in total. The van der Waals surface area contributed by atoms with Crippen molar-refractivity contribution < 1.29 is 5.11 Å². The lowest BCUT2D eigenvalue weighted by molar-refractivity contribution is -0.546. The first-order valence-corrected chi connectivity index (χ1v) is 1.95. The zero-order chi connectivity index (χ0) is 5.91. The molecule has 0 amide bonds. The Labute approximate surface area is 42.5 Å². The highest BCUT2D eigenvalue weighted by Crippen LogP contribution is 1.85. The zero-order valence-electron chi connectivity index (χ0n) is 4.39. The monoisotopic (exact) mass is 97.1 g/mol. The third kappa shape index (κ3) is 1.88. The molecule has 0 rings (SSSR count). The molecule has 0 saturated carbocycles. The van der Waals surface area contributed by atoms with Crippen LogP contribution in [0.15, 0.2) is 0 Å². The van der Waals surface area contributed by atoms with Crippen LogP contribution < -0.4 is 5.11 Å². The molecule has 0 unspecified atom stereocenters. The summed E-state index contributed by atoms with van der Waals surface area (Å²) in [5.41, 5.74) is 7.32. The van der Waals surface area contributed by atoms with E-state index in [1.54, 1.807) is 13.8 Å². The van der Waals surface area contributed by atoms with Gasteiger partial charge in [-0.15, -0.1) is 0 Å². The van der Waals surface area contributed by atoms with E-state index in [2.05, 4.69) is 0 Å². The second-order valence-corrected chi connectivity index (χ2v) is 1.85. The summed E-state index contributed by atoms with van der Waals surface area (Å²) in [6, 6.07) is 1.83. The summed E-state index contributed by atoms with van der Waals surface area (Å²) in [4.78, 5) is 0. The van der Waals surface area contributed by atoms with Crippen LogP contribution in [-0.2, 0) is 0 Å². The number of hydrogen-bond acceptors (Lipinski definition) is 1. The van der Waals surface area contributed by atoms with E-state index in [1.807, 2.05) is 11.2 Å². The molecular weight excluding hydrogens is 90.1 g/mol. The van der Waals surface area contributed by atoms with E-state index < -0.39 is 5.54 Å². The smallest absolute Gasteiger partial charge is 0.230 e. The molecule has 3 heteroatoms. The lowest BCUT2D eigenvalue weighted by Crippen LogP contribution is -2.77. The van der Waals surface area contributed by atoms with Crippen LogP contribution >= 0.6 is 0 Å². The van der Waals surface area contributed by atoms with E-state index in [-0.39, 0.29) is 0 Å². The lowest BCUT2D eigenvalue weighted by atomic mass is 10.1. The molecule has 3 nitrogen and oxygen atoms in total. The molecule has 7 heavy (non-hydrogen) atoms. The molecule has 0 spiro atoms. The second kappa shape index (κ2) is 1.69. The van der Waals surface area contributed by atoms with Gasteiger partial charge in [0.1, 0.15) is 6.07 Å². The van der Waals surface area contributed by atoms with Gasteiger partial charge in [0.25, 0.3) is 0 Å². The van der Waals surface area contributed by atoms with Crippen molar-refractivity contribution in [2.24, 2.45) is 0 Å². The summed E-state index contributed by atoms with van der Waals surface area (Å²) in [7, 11) is 0. The maximum absolute atomic E-state index is 8.12.